The van der Waals surface area contributed by atoms with Gasteiger partial charge in [0, 0.05) is 44.1 Å². The topological polar surface area (TPSA) is 66.8 Å². The molecule has 1 saturated heterocycles. The first-order chi connectivity index (χ1) is 13.1. The number of carbonyl (C=O) groups excluding carboxylic acids is 1. The van der Waals surface area contributed by atoms with E-state index < -0.39 is 0 Å². The number of hydrogen-bond acceptors (Lipinski definition) is 6. The lowest BCUT2D eigenvalue weighted by Crippen LogP contribution is -2.37. The zero-order valence-corrected chi connectivity index (χ0v) is 16.2. The third kappa shape index (κ3) is 4.20. The van der Waals surface area contributed by atoms with E-state index in [0.29, 0.717) is 18.7 Å². The zero-order valence-electron chi connectivity index (χ0n) is 15.4. The van der Waals surface area contributed by atoms with Crippen molar-refractivity contribution in [3.63, 3.8) is 0 Å². The van der Waals surface area contributed by atoms with Gasteiger partial charge in [0.05, 0.1) is 6.54 Å². The predicted octanol–water partition coefficient (Wildman–Crippen LogP) is 2.78. The highest BCUT2D eigenvalue weighted by Crippen LogP contribution is 2.34. The summed E-state index contributed by atoms with van der Waals surface area (Å²) in [4.78, 5) is 24.9. The summed E-state index contributed by atoms with van der Waals surface area (Å²) in [5.41, 5.74) is 1.37. The molecule has 0 bridgehead atoms. The van der Waals surface area contributed by atoms with Crippen LogP contribution < -0.4 is 5.32 Å². The second-order valence-electron chi connectivity index (χ2n) is 7.40. The highest BCUT2D eigenvalue weighted by atomic mass is 32.1. The van der Waals surface area contributed by atoms with Crippen LogP contribution in [0.15, 0.2) is 47.1 Å². The minimum absolute atomic E-state index is 0.118. The average Bonchev–Trinajstić information content (AvgIpc) is 3.43. The van der Waals surface area contributed by atoms with Crippen LogP contribution in [0.4, 0.5) is 0 Å². The molecular formula is C20H24N4O2S. The number of carbonyl (C=O) groups is 1. The molecule has 1 spiro atoms. The number of amides is 1. The van der Waals surface area contributed by atoms with E-state index in [1.54, 1.807) is 11.3 Å². The summed E-state index contributed by atoms with van der Waals surface area (Å²) < 4.78 is 0. The predicted molar refractivity (Wildman–Crippen MR) is 106 cm³/mol. The van der Waals surface area contributed by atoms with Crippen molar-refractivity contribution in [3.05, 3.63) is 52.5 Å². The number of benzene rings is 1. The highest BCUT2D eigenvalue weighted by molar-refractivity contribution is 7.09. The van der Waals surface area contributed by atoms with Crippen LogP contribution in [-0.4, -0.2) is 46.7 Å². The van der Waals surface area contributed by atoms with Gasteiger partial charge in [0.1, 0.15) is 10.7 Å². The Morgan fingerprint density at radius 3 is 3.04 bits per heavy atom. The smallest absolute Gasteiger partial charge is 0.269 e. The van der Waals surface area contributed by atoms with Crippen LogP contribution in [-0.2, 0) is 16.2 Å². The summed E-state index contributed by atoms with van der Waals surface area (Å²) >= 11 is 1.67. The Morgan fingerprint density at radius 2 is 2.26 bits per heavy atom. The van der Waals surface area contributed by atoms with E-state index in [2.05, 4.69) is 39.4 Å². The van der Waals surface area contributed by atoms with Crippen molar-refractivity contribution in [1.29, 1.82) is 0 Å². The molecule has 0 radical (unpaired) electrons. The van der Waals surface area contributed by atoms with Crippen LogP contribution in [0.25, 0.3) is 0 Å². The molecular weight excluding hydrogens is 360 g/mol. The van der Waals surface area contributed by atoms with Crippen LogP contribution in [0.1, 0.15) is 36.3 Å². The van der Waals surface area contributed by atoms with Gasteiger partial charge < -0.3 is 10.2 Å². The number of thiazole rings is 1. The zero-order chi connectivity index (χ0) is 18.7. The first-order valence-corrected chi connectivity index (χ1v) is 10.2. The molecule has 7 heteroatoms. The fourth-order valence-electron chi connectivity index (χ4n) is 3.69. The lowest BCUT2D eigenvalue weighted by atomic mass is 9.96. The molecule has 1 N–H and O–H groups in total. The Kier molecular flexibility index (Phi) is 5.22. The number of oxime groups is 1. The maximum absolute atomic E-state index is 12.5. The van der Waals surface area contributed by atoms with Gasteiger partial charge in [-0.15, -0.1) is 11.3 Å². The van der Waals surface area contributed by atoms with Gasteiger partial charge in [-0.2, -0.15) is 0 Å². The van der Waals surface area contributed by atoms with Crippen molar-refractivity contribution in [3.8, 4) is 0 Å². The SMILES string of the molecule is C[C@H](CNC(=O)C1=NO[C@@]2(CCN(Cc3nccs3)C2)C1)c1ccccc1. The molecule has 2 aromatic rings. The molecule has 6 nitrogen and oxygen atoms in total. The van der Waals surface area contributed by atoms with Crippen LogP contribution in [0.3, 0.4) is 0 Å². The summed E-state index contributed by atoms with van der Waals surface area (Å²) in [5.74, 6) is 0.139. The maximum Gasteiger partial charge on any atom is 0.269 e. The fraction of sp³-hybridized carbons (Fsp3) is 0.450. The van der Waals surface area contributed by atoms with Gasteiger partial charge in [-0.3, -0.25) is 9.69 Å². The molecule has 4 rings (SSSR count). The Morgan fingerprint density at radius 1 is 1.41 bits per heavy atom. The van der Waals surface area contributed by atoms with E-state index in [0.717, 1.165) is 31.1 Å². The maximum atomic E-state index is 12.5. The molecule has 1 fully saturated rings. The first kappa shape index (κ1) is 18.1. The first-order valence-electron chi connectivity index (χ1n) is 9.32. The summed E-state index contributed by atoms with van der Waals surface area (Å²) in [7, 11) is 0. The Labute approximate surface area is 163 Å². The van der Waals surface area contributed by atoms with Gasteiger partial charge in [0.25, 0.3) is 5.91 Å². The second kappa shape index (κ2) is 7.78. The van der Waals surface area contributed by atoms with Gasteiger partial charge in [-0.25, -0.2) is 4.98 Å². The molecule has 27 heavy (non-hydrogen) atoms. The standard InChI is InChI=1S/C20H24N4O2S/c1-15(16-5-3-2-4-6-16)12-22-19(25)17-11-20(26-23-17)7-9-24(14-20)13-18-21-8-10-27-18/h2-6,8,10,15H,7,9,11-14H2,1H3,(H,22,25)/t15-,20+/m1/s1. The Bertz CT molecular complexity index is 809. The van der Waals surface area contributed by atoms with Crippen molar-refractivity contribution in [2.45, 2.75) is 37.8 Å². The number of nitrogens with one attached hydrogen (secondary N) is 1. The lowest BCUT2D eigenvalue weighted by Gasteiger charge is -2.21. The molecule has 3 heterocycles. The molecule has 1 amide bonds. The number of nitrogens with zero attached hydrogens (tertiary/aromatic N) is 3. The molecule has 2 atom stereocenters. The third-order valence-electron chi connectivity index (χ3n) is 5.28. The minimum Gasteiger partial charge on any atom is -0.387 e. The van der Waals surface area contributed by atoms with Gasteiger partial charge in [0.15, 0.2) is 5.60 Å². The van der Waals surface area contributed by atoms with Gasteiger partial charge in [-0.05, 0) is 11.5 Å². The van der Waals surface area contributed by atoms with Crippen molar-refractivity contribution in [1.82, 2.24) is 15.2 Å². The summed E-state index contributed by atoms with van der Waals surface area (Å²) in [5, 5.41) is 10.2. The lowest BCUT2D eigenvalue weighted by molar-refractivity contribution is -0.115. The number of rotatable bonds is 6. The van der Waals surface area contributed by atoms with Crippen molar-refractivity contribution in [2.24, 2.45) is 5.16 Å². The van der Waals surface area contributed by atoms with Crippen LogP contribution in [0.5, 0.6) is 0 Å². The van der Waals surface area contributed by atoms with Crippen molar-refractivity contribution in [2.75, 3.05) is 19.6 Å². The number of aromatic nitrogens is 1. The van der Waals surface area contributed by atoms with Gasteiger partial charge in [-0.1, -0.05) is 42.4 Å². The van der Waals surface area contributed by atoms with E-state index >= 15 is 0 Å². The average molecular weight is 385 g/mol. The molecule has 2 aliphatic rings. The molecule has 1 aromatic heterocycles. The Hall–Kier alpha value is -2.25. The largest absolute Gasteiger partial charge is 0.387 e. The summed E-state index contributed by atoms with van der Waals surface area (Å²) in [6.45, 7) is 5.25. The quantitative estimate of drug-likeness (QED) is 0.832. The van der Waals surface area contributed by atoms with E-state index in [1.165, 1.54) is 5.56 Å². The highest BCUT2D eigenvalue weighted by Gasteiger charge is 2.46. The van der Waals surface area contributed by atoms with Crippen LogP contribution in [0, 0.1) is 0 Å². The van der Waals surface area contributed by atoms with E-state index in [9.17, 15) is 4.79 Å². The Balaban J connectivity index is 1.27. The third-order valence-corrected chi connectivity index (χ3v) is 6.04. The molecule has 0 aliphatic carbocycles. The van der Waals surface area contributed by atoms with E-state index in [4.69, 9.17) is 4.84 Å². The van der Waals surface area contributed by atoms with Crippen LogP contribution in [0.2, 0.25) is 0 Å². The molecule has 1 aromatic carbocycles. The van der Waals surface area contributed by atoms with Gasteiger partial charge in [0.2, 0.25) is 0 Å². The monoisotopic (exact) mass is 384 g/mol. The summed E-state index contributed by atoms with van der Waals surface area (Å²) in [6, 6.07) is 10.2. The molecule has 2 aliphatic heterocycles. The number of hydrogen-bond donors (Lipinski definition) is 1. The minimum atomic E-state index is -0.352. The number of likely N-dealkylation sites (tertiary alicyclic amines) is 1. The summed E-state index contributed by atoms with van der Waals surface area (Å²) in [6.07, 6.45) is 3.30. The van der Waals surface area contributed by atoms with Crippen molar-refractivity contribution < 1.29 is 9.63 Å². The van der Waals surface area contributed by atoms with E-state index in [-0.39, 0.29) is 17.4 Å². The molecule has 0 unspecified atom stereocenters. The van der Waals surface area contributed by atoms with Crippen LogP contribution >= 0.6 is 11.3 Å². The van der Waals surface area contributed by atoms with Gasteiger partial charge >= 0.3 is 0 Å². The normalized spacial score (nSPS) is 23.2. The molecule has 0 saturated carbocycles. The molecule has 142 valence electrons. The van der Waals surface area contributed by atoms with Crippen molar-refractivity contribution >= 4 is 23.0 Å². The second-order valence-corrected chi connectivity index (χ2v) is 8.38. The fourth-order valence-corrected chi connectivity index (χ4v) is 4.35. The van der Waals surface area contributed by atoms with E-state index in [1.807, 2.05) is 29.8 Å².